The van der Waals surface area contributed by atoms with Gasteiger partial charge in [-0.05, 0) is 12.8 Å². The molecular formula is C10H18ClN3O3S. The summed E-state index contributed by atoms with van der Waals surface area (Å²) in [6.07, 6.45) is 2.17. The van der Waals surface area contributed by atoms with Gasteiger partial charge in [0.05, 0.1) is 6.54 Å². The zero-order valence-electron chi connectivity index (χ0n) is 10.2. The van der Waals surface area contributed by atoms with Crippen LogP contribution in [-0.2, 0) is 14.0 Å². The topological polar surface area (TPSA) is 60.9 Å². The van der Waals surface area contributed by atoms with Crippen molar-refractivity contribution in [3.63, 3.8) is 0 Å². The molecule has 0 saturated carbocycles. The largest absolute Gasteiger partial charge is 0.342 e. The first-order valence-electron chi connectivity index (χ1n) is 6.17. The van der Waals surface area contributed by atoms with Gasteiger partial charge in [0.15, 0.2) is 0 Å². The predicted molar refractivity (Wildman–Crippen MR) is 68.6 cm³/mol. The lowest BCUT2D eigenvalue weighted by molar-refractivity contribution is -0.131. The van der Waals surface area contributed by atoms with Gasteiger partial charge in [-0.1, -0.05) is 0 Å². The van der Waals surface area contributed by atoms with Crippen LogP contribution in [-0.4, -0.2) is 74.2 Å². The maximum absolute atomic E-state index is 11.9. The van der Waals surface area contributed by atoms with E-state index in [9.17, 15) is 13.2 Å². The van der Waals surface area contributed by atoms with E-state index in [0.29, 0.717) is 32.7 Å². The van der Waals surface area contributed by atoms with Crippen molar-refractivity contribution in [2.75, 3.05) is 45.8 Å². The highest BCUT2D eigenvalue weighted by Crippen LogP contribution is 2.12. The number of nitrogens with zero attached hydrogens (tertiary/aromatic N) is 3. The molecule has 0 unspecified atom stereocenters. The second-order valence-corrected chi connectivity index (χ2v) is 7.22. The van der Waals surface area contributed by atoms with Crippen molar-refractivity contribution in [1.82, 2.24) is 14.1 Å². The van der Waals surface area contributed by atoms with Gasteiger partial charge < -0.3 is 4.90 Å². The van der Waals surface area contributed by atoms with Crippen molar-refractivity contribution in [2.45, 2.75) is 12.8 Å². The van der Waals surface area contributed by atoms with E-state index in [4.69, 9.17) is 10.7 Å². The Labute approximate surface area is 112 Å². The molecule has 104 valence electrons. The Bertz CT molecular complexity index is 401. The molecule has 0 spiro atoms. The fourth-order valence-corrected chi connectivity index (χ4v) is 3.38. The first-order valence-corrected chi connectivity index (χ1v) is 8.43. The highest BCUT2D eigenvalue weighted by Gasteiger charge is 2.27. The molecule has 2 fully saturated rings. The maximum atomic E-state index is 11.9. The van der Waals surface area contributed by atoms with Crippen molar-refractivity contribution >= 4 is 25.8 Å². The minimum atomic E-state index is -3.61. The van der Waals surface area contributed by atoms with E-state index in [1.54, 1.807) is 0 Å². The molecule has 2 heterocycles. The third-order valence-corrected chi connectivity index (χ3v) is 5.02. The van der Waals surface area contributed by atoms with E-state index < -0.39 is 9.24 Å². The number of likely N-dealkylation sites (tertiary alicyclic amines) is 1. The van der Waals surface area contributed by atoms with Crippen molar-refractivity contribution in [3.05, 3.63) is 0 Å². The lowest BCUT2D eigenvalue weighted by atomic mass is 10.3. The van der Waals surface area contributed by atoms with Gasteiger partial charge in [0.1, 0.15) is 0 Å². The Morgan fingerprint density at radius 2 is 1.56 bits per heavy atom. The van der Waals surface area contributed by atoms with Gasteiger partial charge in [-0.3, -0.25) is 9.69 Å². The maximum Gasteiger partial charge on any atom is 0.299 e. The molecule has 2 aliphatic heterocycles. The van der Waals surface area contributed by atoms with Crippen molar-refractivity contribution < 1.29 is 13.2 Å². The van der Waals surface area contributed by atoms with Gasteiger partial charge in [-0.2, -0.15) is 12.7 Å². The normalized spacial score (nSPS) is 23.5. The van der Waals surface area contributed by atoms with Crippen LogP contribution in [0.15, 0.2) is 0 Å². The smallest absolute Gasteiger partial charge is 0.299 e. The SMILES string of the molecule is O=C(CN1CCN(S(=O)(=O)Cl)CC1)N1CCCC1. The summed E-state index contributed by atoms with van der Waals surface area (Å²) in [5, 5.41) is 0. The number of carbonyl (C=O) groups excluding carboxylic acids is 1. The molecule has 0 aromatic carbocycles. The van der Waals surface area contributed by atoms with Crippen LogP contribution >= 0.6 is 10.7 Å². The van der Waals surface area contributed by atoms with E-state index in [0.717, 1.165) is 25.9 Å². The standard InChI is InChI=1S/C10H18ClN3O3S/c11-18(16,17)14-7-5-12(6-8-14)9-10(15)13-3-1-2-4-13/h1-9H2. The molecule has 0 aromatic heterocycles. The van der Waals surface area contributed by atoms with Crippen LogP contribution in [0.25, 0.3) is 0 Å². The number of halogens is 1. The van der Waals surface area contributed by atoms with Gasteiger partial charge >= 0.3 is 0 Å². The minimum absolute atomic E-state index is 0.148. The highest BCUT2D eigenvalue weighted by atomic mass is 35.7. The quantitative estimate of drug-likeness (QED) is 0.671. The summed E-state index contributed by atoms with van der Waals surface area (Å²) in [6, 6.07) is 0. The molecule has 1 amide bonds. The van der Waals surface area contributed by atoms with Gasteiger partial charge in [-0.15, -0.1) is 0 Å². The van der Waals surface area contributed by atoms with Crippen molar-refractivity contribution in [2.24, 2.45) is 0 Å². The molecule has 0 bridgehead atoms. The Morgan fingerprint density at radius 1 is 1.00 bits per heavy atom. The molecule has 8 heteroatoms. The fourth-order valence-electron chi connectivity index (χ4n) is 2.36. The third kappa shape index (κ3) is 3.57. The van der Waals surface area contributed by atoms with Crippen LogP contribution in [0, 0.1) is 0 Å². The van der Waals surface area contributed by atoms with E-state index >= 15 is 0 Å². The monoisotopic (exact) mass is 295 g/mol. The summed E-state index contributed by atoms with van der Waals surface area (Å²) in [7, 11) is 1.66. The Hall–Kier alpha value is -0.370. The fraction of sp³-hybridized carbons (Fsp3) is 0.900. The summed E-state index contributed by atoms with van der Waals surface area (Å²) in [4.78, 5) is 15.8. The second-order valence-electron chi connectivity index (χ2n) is 4.71. The molecule has 2 saturated heterocycles. The molecule has 0 N–H and O–H groups in total. The molecule has 18 heavy (non-hydrogen) atoms. The Balaban J connectivity index is 1.78. The number of amides is 1. The molecule has 2 rings (SSSR count). The van der Waals surface area contributed by atoms with Crippen LogP contribution in [0.5, 0.6) is 0 Å². The number of hydrogen-bond donors (Lipinski definition) is 0. The Kier molecular flexibility index (Phi) is 4.47. The highest BCUT2D eigenvalue weighted by molar-refractivity contribution is 8.11. The van der Waals surface area contributed by atoms with E-state index in [2.05, 4.69) is 0 Å². The van der Waals surface area contributed by atoms with Crippen molar-refractivity contribution in [1.29, 1.82) is 0 Å². The minimum Gasteiger partial charge on any atom is -0.342 e. The number of rotatable bonds is 3. The summed E-state index contributed by atoms with van der Waals surface area (Å²) in [6.45, 7) is 3.94. The summed E-state index contributed by atoms with van der Waals surface area (Å²) >= 11 is 0. The van der Waals surface area contributed by atoms with Gasteiger partial charge in [0, 0.05) is 50.0 Å². The van der Waals surface area contributed by atoms with Crippen LogP contribution in [0.3, 0.4) is 0 Å². The molecule has 0 aliphatic carbocycles. The summed E-state index contributed by atoms with van der Waals surface area (Å²) < 4.78 is 23.5. The van der Waals surface area contributed by atoms with Crippen LogP contribution in [0.4, 0.5) is 0 Å². The average molecular weight is 296 g/mol. The lowest BCUT2D eigenvalue weighted by Gasteiger charge is -2.32. The van der Waals surface area contributed by atoms with E-state index in [1.165, 1.54) is 4.31 Å². The molecular weight excluding hydrogens is 278 g/mol. The zero-order chi connectivity index (χ0) is 13.2. The molecule has 0 radical (unpaired) electrons. The van der Waals surface area contributed by atoms with Gasteiger partial charge in [0.25, 0.3) is 9.24 Å². The first kappa shape index (κ1) is 14.0. The van der Waals surface area contributed by atoms with Crippen LogP contribution < -0.4 is 0 Å². The molecule has 6 nitrogen and oxygen atoms in total. The van der Waals surface area contributed by atoms with Gasteiger partial charge in [0.2, 0.25) is 5.91 Å². The van der Waals surface area contributed by atoms with Crippen molar-refractivity contribution in [3.8, 4) is 0 Å². The van der Waals surface area contributed by atoms with E-state index in [1.807, 2.05) is 9.80 Å². The number of carbonyl (C=O) groups is 1. The first-order chi connectivity index (χ1) is 8.47. The zero-order valence-corrected chi connectivity index (χ0v) is 11.8. The van der Waals surface area contributed by atoms with E-state index in [-0.39, 0.29) is 5.91 Å². The predicted octanol–water partition coefficient (Wildman–Crippen LogP) is -0.290. The van der Waals surface area contributed by atoms with Crippen LogP contribution in [0.1, 0.15) is 12.8 Å². The second kappa shape index (κ2) is 5.73. The third-order valence-electron chi connectivity index (χ3n) is 3.46. The van der Waals surface area contributed by atoms with Gasteiger partial charge in [-0.25, -0.2) is 0 Å². The summed E-state index contributed by atoms with van der Waals surface area (Å²) in [5.74, 6) is 0.148. The number of piperazine rings is 1. The van der Waals surface area contributed by atoms with Crippen LogP contribution in [0.2, 0.25) is 0 Å². The Morgan fingerprint density at radius 3 is 2.06 bits per heavy atom. The molecule has 0 atom stereocenters. The average Bonchev–Trinajstić information content (AvgIpc) is 2.82. The molecule has 0 aromatic rings. The molecule has 2 aliphatic rings. The lowest BCUT2D eigenvalue weighted by Crippen LogP contribution is -2.50. The number of hydrogen-bond acceptors (Lipinski definition) is 4. The summed E-state index contributed by atoms with van der Waals surface area (Å²) in [5.41, 5.74) is 0.